The van der Waals surface area contributed by atoms with Gasteiger partial charge in [-0.25, -0.2) is 9.97 Å². The molecule has 1 aromatic rings. The molecule has 1 atom stereocenters. The number of ether oxygens (including phenoxy) is 1. The van der Waals surface area contributed by atoms with E-state index in [4.69, 9.17) is 4.74 Å². The van der Waals surface area contributed by atoms with Crippen molar-refractivity contribution in [2.75, 3.05) is 18.1 Å². The van der Waals surface area contributed by atoms with E-state index in [-0.39, 0.29) is 0 Å². The fourth-order valence-corrected chi connectivity index (χ4v) is 2.68. The summed E-state index contributed by atoms with van der Waals surface area (Å²) >= 11 is 0. The van der Waals surface area contributed by atoms with E-state index < -0.39 is 0 Å². The van der Waals surface area contributed by atoms with Crippen LogP contribution in [-0.2, 0) is 0 Å². The van der Waals surface area contributed by atoms with Crippen molar-refractivity contribution in [1.82, 2.24) is 9.97 Å². The summed E-state index contributed by atoms with van der Waals surface area (Å²) < 4.78 is 5.81. The van der Waals surface area contributed by atoms with Crippen molar-refractivity contribution < 1.29 is 4.74 Å². The number of aryl methyl sites for hydroxylation is 2. The predicted octanol–water partition coefficient (Wildman–Crippen LogP) is 1.84. The van der Waals surface area contributed by atoms with Gasteiger partial charge in [-0.15, -0.1) is 0 Å². The molecule has 0 N–H and O–H groups in total. The molecule has 16 heavy (non-hydrogen) atoms. The number of nitrogens with zero attached hydrogens (tertiary/aromatic N) is 3. The maximum Gasteiger partial charge on any atom is 0.183 e. The molecule has 2 aliphatic rings. The number of fused-ring (bicyclic) bond motifs is 3. The first kappa shape index (κ1) is 9.87. The van der Waals surface area contributed by atoms with E-state index in [9.17, 15) is 0 Å². The second-order valence-electron chi connectivity index (χ2n) is 4.66. The van der Waals surface area contributed by atoms with Crippen molar-refractivity contribution >= 4 is 5.82 Å². The third-order valence-corrected chi connectivity index (χ3v) is 3.45. The minimum Gasteiger partial charge on any atom is -0.486 e. The Morgan fingerprint density at radius 3 is 3.00 bits per heavy atom. The minimum atomic E-state index is 0.523. The van der Waals surface area contributed by atoms with Crippen LogP contribution in [0.1, 0.15) is 30.8 Å². The van der Waals surface area contributed by atoms with Crippen LogP contribution in [0.25, 0.3) is 0 Å². The molecule has 1 fully saturated rings. The van der Waals surface area contributed by atoms with Crippen LogP contribution >= 0.6 is 0 Å². The molecule has 4 nitrogen and oxygen atoms in total. The second kappa shape index (κ2) is 3.61. The van der Waals surface area contributed by atoms with Crippen LogP contribution in [0, 0.1) is 13.8 Å². The summed E-state index contributed by atoms with van der Waals surface area (Å²) in [5.41, 5.74) is 0.964. The van der Waals surface area contributed by atoms with Crippen LogP contribution in [0.3, 0.4) is 0 Å². The molecule has 0 spiro atoms. The summed E-state index contributed by atoms with van der Waals surface area (Å²) in [5, 5.41) is 0. The average molecular weight is 219 g/mol. The van der Waals surface area contributed by atoms with Crippen LogP contribution in [0.2, 0.25) is 0 Å². The first-order valence-corrected chi connectivity index (χ1v) is 6.00. The van der Waals surface area contributed by atoms with Gasteiger partial charge in [0.2, 0.25) is 0 Å². The Bertz CT molecular complexity index is 419. The summed E-state index contributed by atoms with van der Waals surface area (Å²) in [4.78, 5) is 11.3. The summed E-state index contributed by atoms with van der Waals surface area (Å²) in [7, 11) is 0. The first-order chi connectivity index (χ1) is 7.75. The van der Waals surface area contributed by atoms with Gasteiger partial charge in [-0.05, 0) is 33.1 Å². The highest BCUT2D eigenvalue weighted by atomic mass is 16.5. The molecule has 4 heteroatoms. The summed E-state index contributed by atoms with van der Waals surface area (Å²) in [6, 6.07) is 0.523. The van der Waals surface area contributed by atoms with Crippen molar-refractivity contribution in [3.8, 4) is 5.75 Å². The quantitative estimate of drug-likeness (QED) is 0.667. The molecule has 0 amide bonds. The standard InChI is InChI=1S/C12H17N3O/c1-8-11-12(14-9(2)13-8)15-6-4-3-5-10(15)7-16-11/h10H,3-7H2,1-2H3/t10-/m1/s1. The number of anilines is 1. The second-order valence-corrected chi connectivity index (χ2v) is 4.66. The van der Waals surface area contributed by atoms with E-state index in [2.05, 4.69) is 14.9 Å². The highest BCUT2D eigenvalue weighted by molar-refractivity contribution is 5.57. The van der Waals surface area contributed by atoms with E-state index >= 15 is 0 Å². The van der Waals surface area contributed by atoms with E-state index in [1.165, 1.54) is 19.3 Å². The Morgan fingerprint density at radius 1 is 1.25 bits per heavy atom. The SMILES string of the molecule is Cc1nc(C)c2c(n1)N1CCCC[C@@H]1CO2. The van der Waals surface area contributed by atoms with E-state index in [0.29, 0.717) is 6.04 Å². The lowest BCUT2D eigenvalue weighted by molar-refractivity contribution is 0.235. The molecule has 1 aromatic heterocycles. The lowest BCUT2D eigenvalue weighted by Gasteiger charge is -2.40. The maximum atomic E-state index is 5.81. The van der Waals surface area contributed by atoms with Crippen molar-refractivity contribution in [2.24, 2.45) is 0 Å². The smallest absolute Gasteiger partial charge is 0.183 e. The Kier molecular flexibility index (Phi) is 2.23. The first-order valence-electron chi connectivity index (χ1n) is 6.00. The molecular weight excluding hydrogens is 202 g/mol. The van der Waals surface area contributed by atoms with Crippen molar-refractivity contribution in [2.45, 2.75) is 39.2 Å². The van der Waals surface area contributed by atoms with E-state index in [1.54, 1.807) is 0 Å². The largest absolute Gasteiger partial charge is 0.486 e. The Labute approximate surface area is 95.7 Å². The van der Waals surface area contributed by atoms with Gasteiger partial charge in [-0.3, -0.25) is 0 Å². The third-order valence-electron chi connectivity index (χ3n) is 3.45. The van der Waals surface area contributed by atoms with Gasteiger partial charge < -0.3 is 9.64 Å². The lowest BCUT2D eigenvalue weighted by Crippen LogP contribution is -2.47. The normalized spacial score (nSPS) is 23.4. The molecule has 86 valence electrons. The van der Waals surface area contributed by atoms with Crippen LogP contribution < -0.4 is 9.64 Å². The van der Waals surface area contributed by atoms with Crippen LogP contribution in [0.5, 0.6) is 5.75 Å². The van der Waals surface area contributed by atoms with Crippen molar-refractivity contribution in [1.29, 1.82) is 0 Å². The molecule has 0 unspecified atom stereocenters. The zero-order valence-corrected chi connectivity index (χ0v) is 9.86. The molecule has 1 saturated heterocycles. The molecule has 0 aromatic carbocycles. The van der Waals surface area contributed by atoms with Crippen molar-refractivity contribution in [3.05, 3.63) is 11.5 Å². The molecule has 0 bridgehead atoms. The molecule has 2 aliphatic heterocycles. The number of hydrogen-bond donors (Lipinski definition) is 0. The molecule has 3 heterocycles. The molecule has 0 aliphatic carbocycles. The van der Waals surface area contributed by atoms with Crippen molar-refractivity contribution in [3.63, 3.8) is 0 Å². The Morgan fingerprint density at radius 2 is 2.12 bits per heavy atom. The molecule has 0 radical (unpaired) electrons. The average Bonchev–Trinajstić information content (AvgIpc) is 2.28. The predicted molar refractivity (Wildman–Crippen MR) is 62.0 cm³/mol. The fraction of sp³-hybridized carbons (Fsp3) is 0.667. The van der Waals surface area contributed by atoms with Gasteiger partial charge in [-0.2, -0.15) is 0 Å². The zero-order valence-electron chi connectivity index (χ0n) is 9.86. The van der Waals surface area contributed by atoms with Gasteiger partial charge in [0.1, 0.15) is 12.4 Å². The van der Waals surface area contributed by atoms with E-state index in [1.807, 2.05) is 13.8 Å². The Balaban J connectivity index is 2.06. The molecule has 3 rings (SSSR count). The number of aromatic nitrogens is 2. The van der Waals surface area contributed by atoms with Gasteiger partial charge in [0.15, 0.2) is 11.6 Å². The fourth-order valence-electron chi connectivity index (χ4n) is 2.68. The van der Waals surface area contributed by atoms with Crippen LogP contribution in [0.15, 0.2) is 0 Å². The van der Waals surface area contributed by atoms with Gasteiger partial charge in [-0.1, -0.05) is 0 Å². The van der Waals surface area contributed by atoms with Gasteiger partial charge in [0.25, 0.3) is 0 Å². The minimum absolute atomic E-state index is 0.523. The maximum absolute atomic E-state index is 5.81. The number of rotatable bonds is 0. The topological polar surface area (TPSA) is 38.2 Å². The highest BCUT2D eigenvalue weighted by Gasteiger charge is 2.32. The summed E-state index contributed by atoms with van der Waals surface area (Å²) in [6.45, 7) is 5.84. The molecular formula is C12H17N3O. The monoisotopic (exact) mass is 219 g/mol. The highest BCUT2D eigenvalue weighted by Crippen LogP contribution is 2.37. The van der Waals surface area contributed by atoms with E-state index in [0.717, 1.165) is 36.2 Å². The Hall–Kier alpha value is -1.32. The third kappa shape index (κ3) is 1.44. The van der Waals surface area contributed by atoms with Gasteiger partial charge in [0.05, 0.1) is 11.7 Å². The van der Waals surface area contributed by atoms with Gasteiger partial charge in [0, 0.05) is 6.54 Å². The summed E-state index contributed by atoms with van der Waals surface area (Å²) in [6.07, 6.45) is 3.79. The number of hydrogen-bond acceptors (Lipinski definition) is 4. The van der Waals surface area contributed by atoms with Gasteiger partial charge >= 0.3 is 0 Å². The zero-order chi connectivity index (χ0) is 11.1. The lowest BCUT2D eigenvalue weighted by atomic mass is 10.0. The van der Waals surface area contributed by atoms with Crippen LogP contribution in [-0.4, -0.2) is 29.2 Å². The number of piperidine rings is 1. The summed E-state index contributed by atoms with van der Waals surface area (Å²) in [5.74, 6) is 2.75. The molecule has 0 saturated carbocycles. The van der Waals surface area contributed by atoms with Crippen LogP contribution in [0.4, 0.5) is 5.82 Å².